The number of carbonyl (C=O) groups is 2. The van der Waals surface area contributed by atoms with Crippen molar-refractivity contribution in [2.24, 2.45) is 5.84 Å². The molecule has 0 saturated carbocycles. The number of amides is 2. The van der Waals surface area contributed by atoms with Crippen LogP contribution >= 0.6 is 0 Å². The summed E-state index contributed by atoms with van der Waals surface area (Å²) in [4.78, 5) is 24.0. The van der Waals surface area contributed by atoms with E-state index < -0.39 is 0 Å². The highest BCUT2D eigenvalue weighted by atomic mass is 16.2. The van der Waals surface area contributed by atoms with Crippen molar-refractivity contribution in [2.45, 2.75) is 25.7 Å². The Kier molecular flexibility index (Phi) is 5.81. The fourth-order valence-electron chi connectivity index (χ4n) is 1.75. The molecule has 0 aromatic rings. The van der Waals surface area contributed by atoms with Crippen molar-refractivity contribution in [3.05, 3.63) is 0 Å². The third-order valence-corrected chi connectivity index (χ3v) is 2.66. The summed E-state index contributed by atoms with van der Waals surface area (Å²) in [5.41, 5.74) is 2.11. The number of hydrazine groups is 1. The van der Waals surface area contributed by atoms with Crippen LogP contribution in [-0.4, -0.2) is 42.9 Å². The molecule has 6 heteroatoms. The topological polar surface area (TPSA) is 87.5 Å². The van der Waals surface area contributed by atoms with Gasteiger partial charge in [0.25, 0.3) is 0 Å². The number of hydrogen-bond acceptors (Lipinski definition) is 4. The first-order chi connectivity index (χ1) is 7.72. The van der Waals surface area contributed by atoms with Gasteiger partial charge in [0.05, 0.1) is 6.54 Å². The Bertz CT molecular complexity index is 245. The number of hydrogen-bond donors (Lipinski definition) is 3. The van der Waals surface area contributed by atoms with Crippen LogP contribution in [0, 0.1) is 0 Å². The maximum Gasteiger partial charge on any atom is 0.234 e. The number of nitrogens with one attached hydrogen (secondary N) is 2. The van der Waals surface area contributed by atoms with E-state index in [-0.39, 0.29) is 11.8 Å². The largest absolute Gasteiger partial charge is 0.354 e. The maximum absolute atomic E-state index is 11.1. The van der Waals surface area contributed by atoms with E-state index in [1.165, 1.54) is 0 Å². The maximum atomic E-state index is 11.1. The van der Waals surface area contributed by atoms with Crippen LogP contribution < -0.4 is 16.6 Å². The van der Waals surface area contributed by atoms with Crippen LogP contribution in [0.3, 0.4) is 0 Å². The average Bonchev–Trinajstić information content (AvgIpc) is 2.28. The monoisotopic (exact) mass is 228 g/mol. The summed E-state index contributed by atoms with van der Waals surface area (Å²) in [7, 11) is 0. The number of unbranched alkanes of at least 4 members (excludes halogenated alkanes) is 2. The minimum atomic E-state index is -0.114. The second-order valence-electron chi connectivity index (χ2n) is 4.00. The summed E-state index contributed by atoms with van der Waals surface area (Å²) in [6.45, 7) is 3.10. The molecule has 16 heavy (non-hydrogen) atoms. The van der Waals surface area contributed by atoms with Gasteiger partial charge in [-0.3, -0.25) is 19.9 Å². The lowest BCUT2D eigenvalue weighted by Gasteiger charge is -2.26. The van der Waals surface area contributed by atoms with Crippen LogP contribution in [0.15, 0.2) is 0 Å². The highest BCUT2D eigenvalue weighted by molar-refractivity contribution is 5.78. The van der Waals surface area contributed by atoms with E-state index in [9.17, 15) is 9.59 Å². The van der Waals surface area contributed by atoms with Gasteiger partial charge in [-0.05, 0) is 19.4 Å². The summed E-state index contributed by atoms with van der Waals surface area (Å²) in [5, 5.41) is 2.79. The Balaban J connectivity index is 1.98. The van der Waals surface area contributed by atoms with Gasteiger partial charge in [0.1, 0.15) is 0 Å². The minimum absolute atomic E-state index is 0.105. The zero-order valence-corrected chi connectivity index (χ0v) is 9.50. The Morgan fingerprint density at radius 1 is 1.44 bits per heavy atom. The zero-order chi connectivity index (χ0) is 11.8. The molecular formula is C10H20N4O2. The first-order valence-corrected chi connectivity index (χ1v) is 5.71. The van der Waals surface area contributed by atoms with Gasteiger partial charge < -0.3 is 5.32 Å². The zero-order valence-electron chi connectivity index (χ0n) is 9.50. The van der Waals surface area contributed by atoms with E-state index in [2.05, 4.69) is 15.6 Å². The lowest BCUT2D eigenvalue weighted by Crippen LogP contribution is -2.47. The van der Waals surface area contributed by atoms with E-state index in [1.54, 1.807) is 0 Å². The molecule has 1 aliphatic heterocycles. The lowest BCUT2D eigenvalue weighted by molar-refractivity contribution is -0.124. The van der Waals surface area contributed by atoms with Crippen molar-refractivity contribution in [2.75, 3.05) is 26.2 Å². The molecule has 0 radical (unpaired) electrons. The highest BCUT2D eigenvalue weighted by Crippen LogP contribution is 2.02. The Hall–Kier alpha value is -1.14. The molecule has 0 unspecified atom stereocenters. The second kappa shape index (κ2) is 7.19. The van der Waals surface area contributed by atoms with Crippen LogP contribution in [0.1, 0.15) is 25.7 Å². The van der Waals surface area contributed by atoms with Gasteiger partial charge in [-0.2, -0.15) is 0 Å². The first-order valence-electron chi connectivity index (χ1n) is 5.71. The van der Waals surface area contributed by atoms with Gasteiger partial charge in [0, 0.05) is 19.5 Å². The molecule has 6 nitrogen and oxygen atoms in total. The third kappa shape index (κ3) is 5.09. The van der Waals surface area contributed by atoms with Crippen LogP contribution in [0.5, 0.6) is 0 Å². The summed E-state index contributed by atoms with van der Waals surface area (Å²) >= 11 is 0. The molecule has 0 aromatic carbocycles. The first kappa shape index (κ1) is 12.9. The van der Waals surface area contributed by atoms with Crippen molar-refractivity contribution in [1.82, 2.24) is 15.6 Å². The molecule has 0 atom stereocenters. The van der Waals surface area contributed by atoms with Gasteiger partial charge in [0.2, 0.25) is 11.8 Å². The number of carbonyl (C=O) groups excluding carboxylic acids is 2. The van der Waals surface area contributed by atoms with Crippen LogP contribution in [0.25, 0.3) is 0 Å². The molecule has 0 spiro atoms. The smallest absolute Gasteiger partial charge is 0.234 e. The molecule has 1 saturated heterocycles. The number of nitrogens with zero attached hydrogens (tertiary/aromatic N) is 1. The summed E-state index contributed by atoms with van der Waals surface area (Å²) in [6, 6.07) is 0. The standard InChI is InChI=1S/C10H20N4O2/c11-13-9(15)4-2-1-3-6-14-7-5-12-10(16)8-14/h1-8,11H2,(H,12,16)(H,13,15). The molecule has 1 heterocycles. The van der Waals surface area contributed by atoms with Gasteiger partial charge in [-0.25, -0.2) is 5.84 Å². The van der Waals surface area contributed by atoms with E-state index >= 15 is 0 Å². The normalized spacial score (nSPS) is 16.9. The van der Waals surface area contributed by atoms with Crippen molar-refractivity contribution >= 4 is 11.8 Å². The Labute approximate surface area is 95.5 Å². The van der Waals surface area contributed by atoms with Gasteiger partial charge in [-0.15, -0.1) is 0 Å². The Morgan fingerprint density at radius 2 is 2.25 bits per heavy atom. The molecule has 1 aliphatic rings. The average molecular weight is 228 g/mol. The number of rotatable bonds is 6. The van der Waals surface area contributed by atoms with Crippen LogP contribution in [-0.2, 0) is 9.59 Å². The van der Waals surface area contributed by atoms with Gasteiger partial charge >= 0.3 is 0 Å². The van der Waals surface area contributed by atoms with Crippen molar-refractivity contribution in [3.8, 4) is 0 Å². The molecule has 1 fully saturated rings. The van der Waals surface area contributed by atoms with Crippen LogP contribution in [0.4, 0.5) is 0 Å². The SMILES string of the molecule is NNC(=O)CCCCCN1CCNC(=O)C1. The van der Waals surface area contributed by atoms with E-state index in [0.717, 1.165) is 38.9 Å². The fourth-order valence-corrected chi connectivity index (χ4v) is 1.75. The van der Waals surface area contributed by atoms with Crippen molar-refractivity contribution in [1.29, 1.82) is 0 Å². The van der Waals surface area contributed by atoms with E-state index in [1.807, 2.05) is 0 Å². The van der Waals surface area contributed by atoms with Crippen LogP contribution in [0.2, 0.25) is 0 Å². The highest BCUT2D eigenvalue weighted by Gasteiger charge is 2.14. The molecule has 4 N–H and O–H groups in total. The summed E-state index contributed by atoms with van der Waals surface area (Å²) in [5.74, 6) is 4.96. The fraction of sp³-hybridized carbons (Fsp3) is 0.800. The molecular weight excluding hydrogens is 208 g/mol. The molecule has 1 rings (SSSR count). The van der Waals surface area contributed by atoms with Crippen molar-refractivity contribution < 1.29 is 9.59 Å². The quantitative estimate of drug-likeness (QED) is 0.235. The predicted octanol–water partition coefficient (Wildman–Crippen LogP) is -1.03. The predicted molar refractivity (Wildman–Crippen MR) is 60.2 cm³/mol. The lowest BCUT2D eigenvalue weighted by atomic mass is 10.2. The summed E-state index contributed by atoms with van der Waals surface area (Å²) < 4.78 is 0. The number of piperazine rings is 1. The molecule has 2 amide bonds. The van der Waals surface area contributed by atoms with Gasteiger partial charge in [-0.1, -0.05) is 6.42 Å². The molecule has 0 bridgehead atoms. The second-order valence-corrected chi connectivity index (χ2v) is 4.00. The minimum Gasteiger partial charge on any atom is -0.354 e. The Morgan fingerprint density at radius 3 is 2.94 bits per heavy atom. The number of nitrogens with two attached hydrogens (primary N) is 1. The van der Waals surface area contributed by atoms with Crippen molar-refractivity contribution in [3.63, 3.8) is 0 Å². The van der Waals surface area contributed by atoms with E-state index in [0.29, 0.717) is 13.0 Å². The molecule has 0 aliphatic carbocycles. The third-order valence-electron chi connectivity index (χ3n) is 2.66. The molecule has 0 aromatic heterocycles. The van der Waals surface area contributed by atoms with E-state index in [4.69, 9.17) is 5.84 Å². The molecule has 92 valence electrons. The summed E-state index contributed by atoms with van der Waals surface area (Å²) in [6.07, 6.45) is 3.34. The van der Waals surface area contributed by atoms with Gasteiger partial charge in [0.15, 0.2) is 0 Å².